The van der Waals surface area contributed by atoms with Crippen molar-refractivity contribution in [3.63, 3.8) is 0 Å². The van der Waals surface area contributed by atoms with Gasteiger partial charge in [-0.15, -0.1) is 11.3 Å². The highest BCUT2D eigenvalue weighted by molar-refractivity contribution is 9.11. The molecule has 1 fully saturated rings. The number of hydrogen-bond donors (Lipinski definition) is 2. The van der Waals surface area contributed by atoms with E-state index in [0.29, 0.717) is 27.8 Å². The summed E-state index contributed by atoms with van der Waals surface area (Å²) < 4.78 is 28.0. The Morgan fingerprint density at radius 1 is 1.45 bits per heavy atom. The summed E-state index contributed by atoms with van der Waals surface area (Å²) in [6, 6.07) is 2.13. The van der Waals surface area contributed by atoms with Crippen molar-refractivity contribution in [3.8, 4) is 0 Å². The first-order valence-corrected chi connectivity index (χ1v) is 9.82. The van der Waals surface area contributed by atoms with Crippen LogP contribution in [0.5, 0.6) is 0 Å². The summed E-state index contributed by atoms with van der Waals surface area (Å²) in [5, 5.41) is 3.29. The van der Waals surface area contributed by atoms with Crippen molar-refractivity contribution in [1.82, 2.24) is 10.0 Å². The summed E-state index contributed by atoms with van der Waals surface area (Å²) >= 11 is 4.83. The normalized spacial score (nSPS) is 17.6. The minimum Gasteiger partial charge on any atom is -0.310 e. The molecule has 1 heterocycles. The molecule has 0 saturated heterocycles. The highest BCUT2D eigenvalue weighted by atomic mass is 79.9. The number of sulfonamides is 1. The van der Waals surface area contributed by atoms with Gasteiger partial charge in [0.25, 0.3) is 0 Å². The lowest BCUT2D eigenvalue weighted by Gasteiger charge is -2.10. The van der Waals surface area contributed by atoms with Crippen molar-refractivity contribution >= 4 is 37.3 Å². The molecule has 7 heteroatoms. The molecule has 114 valence electrons. The van der Waals surface area contributed by atoms with Gasteiger partial charge in [0, 0.05) is 24.0 Å². The summed E-state index contributed by atoms with van der Waals surface area (Å²) in [4.78, 5) is 1.37. The van der Waals surface area contributed by atoms with Crippen LogP contribution >= 0.6 is 27.3 Å². The van der Waals surface area contributed by atoms with Gasteiger partial charge in [-0.05, 0) is 40.3 Å². The number of rotatable bonds is 7. The van der Waals surface area contributed by atoms with E-state index >= 15 is 0 Å². The fourth-order valence-electron chi connectivity index (χ4n) is 1.71. The van der Waals surface area contributed by atoms with Crippen molar-refractivity contribution in [3.05, 3.63) is 14.7 Å². The third-order valence-corrected chi connectivity index (χ3v) is 7.13. The summed E-state index contributed by atoms with van der Waals surface area (Å²) in [7, 11) is -3.42. The van der Waals surface area contributed by atoms with Crippen LogP contribution in [0.4, 0.5) is 0 Å². The van der Waals surface area contributed by atoms with Crippen molar-refractivity contribution in [2.24, 2.45) is 5.41 Å². The van der Waals surface area contributed by atoms with Gasteiger partial charge in [-0.1, -0.05) is 20.8 Å². The average molecular weight is 381 g/mol. The van der Waals surface area contributed by atoms with Gasteiger partial charge in [-0.2, -0.15) is 0 Å². The molecule has 0 spiro atoms. The number of thiophene rings is 1. The van der Waals surface area contributed by atoms with Crippen LogP contribution < -0.4 is 10.0 Å². The van der Waals surface area contributed by atoms with Gasteiger partial charge in [0.2, 0.25) is 10.0 Å². The molecule has 0 atom stereocenters. The van der Waals surface area contributed by atoms with Crippen LogP contribution in [0, 0.1) is 5.41 Å². The first-order valence-electron chi connectivity index (χ1n) is 6.73. The SMILES string of the molecule is CC(C)NCc1cc(S(=O)(=O)NCC2(C)CC2)c(Br)s1. The molecule has 2 rings (SSSR count). The van der Waals surface area contributed by atoms with Gasteiger partial charge in [-0.25, -0.2) is 13.1 Å². The Bertz CT molecular complexity index is 577. The predicted octanol–water partition coefficient (Wildman–Crippen LogP) is 3.09. The van der Waals surface area contributed by atoms with Crippen LogP contribution in [-0.2, 0) is 16.6 Å². The molecule has 2 N–H and O–H groups in total. The Kier molecular flexibility index (Phi) is 4.96. The first kappa shape index (κ1) is 16.4. The second kappa shape index (κ2) is 6.04. The topological polar surface area (TPSA) is 58.2 Å². The lowest BCUT2D eigenvalue weighted by Crippen LogP contribution is -2.29. The Morgan fingerprint density at radius 2 is 2.10 bits per heavy atom. The number of halogens is 1. The molecule has 1 aliphatic rings. The highest BCUT2D eigenvalue weighted by Crippen LogP contribution is 2.44. The second-order valence-corrected chi connectivity index (χ2v) is 10.2. The Balaban J connectivity index is 2.06. The largest absolute Gasteiger partial charge is 0.310 e. The molecule has 0 aliphatic heterocycles. The molecule has 0 bridgehead atoms. The van der Waals surface area contributed by atoms with E-state index in [2.05, 4.69) is 46.7 Å². The molecule has 0 amide bonds. The molecule has 1 saturated carbocycles. The average Bonchev–Trinajstić information content (AvgIpc) is 2.96. The zero-order valence-corrected chi connectivity index (χ0v) is 15.2. The zero-order valence-electron chi connectivity index (χ0n) is 12.0. The fraction of sp³-hybridized carbons (Fsp3) is 0.692. The molecule has 1 aliphatic carbocycles. The lowest BCUT2D eigenvalue weighted by atomic mass is 10.2. The summed E-state index contributed by atoms with van der Waals surface area (Å²) in [6.45, 7) is 7.46. The summed E-state index contributed by atoms with van der Waals surface area (Å²) in [5.74, 6) is 0. The lowest BCUT2D eigenvalue weighted by molar-refractivity contribution is 0.530. The Labute approximate surface area is 133 Å². The molecule has 0 aromatic carbocycles. The van der Waals surface area contributed by atoms with Crippen LogP contribution in [0.25, 0.3) is 0 Å². The number of hydrogen-bond acceptors (Lipinski definition) is 4. The molecule has 0 radical (unpaired) electrons. The van der Waals surface area contributed by atoms with Crippen LogP contribution in [0.15, 0.2) is 14.7 Å². The molecular weight excluding hydrogens is 360 g/mol. The van der Waals surface area contributed by atoms with Gasteiger partial charge in [0.15, 0.2) is 0 Å². The second-order valence-electron chi connectivity index (χ2n) is 6.02. The standard InChI is InChI=1S/C13H21BrN2O2S2/c1-9(2)15-7-10-6-11(12(14)19-10)20(17,18)16-8-13(3)4-5-13/h6,9,15-16H,4-5,7-8H2,1-3H3. The quantitative estimate of drug-likeness (QED) is 0.763. The van der Waals surface area contributed by atoms with Crippen molar-refractivity contribution in [2.45, 2.75) is 51.1 Å². The highest BCUT2D eigenvalue weighted by Gasteiger charge is 2.38. The maximum absolute atomic E-state index is 12.3. The maximum atomic E-state index is 12.3. The molecule has 20 heavy (non-hydrogen) atoms. The van der Waals surface area contributed by atoms with E-state index in [-0.39, 0.29) is 5.41 Å². The van der Waals surface area contributed by atoms with Crippen LogP contribution in [0.1, 0.15) is 38.5 Å². The van der Waals surface area contributed by atoms with Crippen LogP contribution in [-0.4, -0.2) is 21.0 Å². The van der Waals surface area contributed by atoms with E-state index in [1.165, 1.54) is 11.3 Å². The fourth-order valence-corrected chi connectivity index (χ4v) is 5.54. The molecule has 1 aromatic heterocycles. The van der Waals surface area contributed by atoms with E-state index in [9.17, 15) is 8.42 Å². The van der Waals surface area contributed by atoms with Gasteiger partial charge >= 0.3 is 0 Å². The van der Waals surface area contributed by atoms with Gasteiger partial charge < -0.3 is 5.32 Å². The van der Waals surface area contributed by atoms with Gasteiger partial charge in [-0.3, -0.25) is 0 Å². The van der Waals surface area contributed by atoms with E-state index in [1.807, 2.05) is 0 Å². The summed E-state index contributed by atoms with van der Waals surface area (Å²) in [6.07, 6.45) is 2.20. The van der Waals surface area contributed by atoms with E-state index in [1.54, 1.807) is 6.07 Å². The summed E-state index contributed by atoms with van der Waals surface area (Å²) in [5.41, 5.74) is 0.164. The molecule has 1 aromatic rings. The van der Waals surface area contributed by atoms with E-state index in [4.69, 9.17) is 0 Å². The van der Waals surface area contributed by atoms with Gasteiger partial charge in [0.05, 0.1) is 3.79 Å². The van der Waals surface area contributed by atoms with Gasteiger partial charge in [0.1, 0.15) is 4.90 Å². The Hall–Kier alpha value is 0.0500. The number of nitrogens with one attached hydrogen (secondary N) is 2. The third-order valence-electron chi connectivity index (χ3n) is 3.47. The first-order chi connectivity index (χ1) is 9.22. The van der Waals surface area contributed by atoms with Crippen LogP contribution in [0.3, 0.4) is 0 Å². The predicted molar refractivity (Wildman–Crippen MR) is 86.5 cm³/mol. The Morgan fingerprint density at radius 3 is 2.65 bits per heavy atom. The van der Waals surface area contributed by atoms with E-state index < -0.39 is 10.0 Å². The minimum absolute atomic E-state index is 0.164. The van der Waals surface area contributed by atoms with E-state index in [0.717, 1.165) is 17.7 Å². The molecular formula is C13H21BrN2O2S2. The van der Waals surface area contributed by atoms with Crippen molar-refractivity contribution in [1.29, 1.82) is 0 Å². The molecule has 0 unspecified atom stereocenters. The monoisotopic (exact) mass is 380 g/mol. The third kappa shape index (κ3) is 4.27. The van der Waals surface area contributed by atoms with Crippen molar-refractivity contribution < 1.29 is 8.42 Å². The molecule has 4 nitrogen and oxygen atoms in total. The zero-order chi connectivity index (χ0) is 15.0. The van der Waals surface area contributed by atoms with Crippen LogP contribution in [0.2, 0.25) is 0 Å². The smallest absolute Gasteiger partial charge is 0.242 e. The van der Waals surface area contributed by atoms with Crippen molar-refractivity contribution in [2.75, 3.05) is 6.54 Å². The maximum Gasteiger partial charge on any atom is 0.242 e. The minimum atomic E-state index is -3.42.